The van der Waals surface area contributed by atoms with Gasteiger partial charge >= 0.3 is 5.97 Å². The van der Waals surface area contributed by atoms with Gasteiger partial charge in [0.15, 0.2) is 0 Å². The molecule has 3 rings (SSSR count). The van der Waals surface area contributed by atoms with Crippen LogP contribution in [0.3, 0.4) is 0 Å². The van der Waals surface area contributed by atoms with Gasteiger partial charge in [-0.25, -0.2) is 9.78 Å². The van der Waals surface area contributed by atoms with E-state index in [2.05, 4.69) is 21.5 Å². The van der Waals surface area contributed by atoms with E-state index in [0.29, 0.717) is 18.1 Å². The predicted octanol–water partition coefficient (Wildman–Crippen LogP) is 4.71. The molecule has 0 N–H and O–H groups in total. The third kappa shape index (κ3) is 3.02. The molecule has 1 saturated carbocycles. The number of hydrogen-bond acceptors (Lipinski definition) is 4. The summed E-state index contributed by atoms with van der Waals surface area (Å²) in [7, 11) is 0. The third-order valence-electron chi connectivity index (χ3n) is 5.18. The van der Waals surface area contributed by atoms with Crippen LogP contribution >= 0.6 is 11.6 Å². The van der Waals surface area contributed by atoms with E-state index in [1.54, 1.807) is 6.20 Å². The predicted molar refractivity (Wildman–Crippen MR) is 94.5 cm³/mol. The standard InChI is InChI=1S/C18H24ClN3O2/c1-4-24-17(23)15-12(3)22(11(2)13-8-6-5-7-9-13)16-14(15)10-20-18(19)21-16/h10-11,13H,4-9H2,1-3H3. The highest BCUT2D eigenvalue weighted by Crippen LogP contribution is 2.37. The number of esters is 1. The second-order valence-electron chi connectivity index (χ2n) is 6.57. The molecule has 0 bridgehead atoms. The van der Waals surface area contributed by atoms with E-state index in [1.165, 1.54) is 32.1 Å². The van der Waals surface area contributed by atoms with Gasteiger partial charge in [-0.2, -0.15) is 4.98 Å². The molecule has 0 spiro atoms. The molecule has 2 heterocycles. The van der Waals surface area contributed by atoms with E-state index in [4.69, 9.17) is 16.3 Å². The van der Waals surface area contributed by atoms with Gasteiger partial charge in [0.2, 0.25) is 5.28 Å². The lowest BCUT2D eigenvalue weighted by atomic mass is 9.84. The number of fused-ring (bicyclic) bond motifs is 1. The van der Waals surface area contributed by atoms with Crippen LogP contribution in [0.1, 0.15) is 68.0 Å². The zero-order valence-electron chi connectivity index (χ0n) is 14.5. The first kappa shape index (κ1) is 17.2. The van der Waals surface area contributed by atoms with Gasteiger partial charge in [-0.3, -0.25) is 0 Å². The molecule has 1 atom stereocenters. The largest absolute Gasteiger partial charge is 0.462 e. The summed E-state index contributed by atoms with van der Waals surface area (Å²) in [5.74, 6) is 0.275. The normalized spacial score (nSPS) is 17.2. The molecule has 0 amide bonds. The lowest BCUT2D eigenvalue weighted by Crippen LogP contribution is -2.21. The smallest absolute Gasteiger partial charge is 0.340 e. The number of rotatable bonds is 4. The van der Waals surface area contributed by atoms with Gasteiger partial charge in [0.1, 0.15) is 5.65 Å². The Bertz CT molecular complexity index is 750. The Morgan fingerprint density at radius 2 is 2.12 bits per heavy atom. The zero-order valence-corrected chi connectivity index (χ0v) is 15.3. The van der Waals surface area contributed by atoms with E-state index in [-0.39, 0.29) is 17.3 Å². The van der Waals surface area contributed by atoms with Crippen molar-refractivity contribution < 1.29 is 9.53 Å². The summed E-state index contributed by atoms with van der Waals surface area (Å²) in [4.78, 5) is 20.9. The number of aromatic nitrogens is 3. The van der Waals surface area contributed by atoms with Crippen LogP contribution in [0.4, 0.5) is 0 Å². The monoisotopic (exact) mass is 349 g/mol. The SMILES string of the molecule is CCOC(=O)c1c(C)n(C(C)C2CCCCC2)c2nc(Cl)ncc12. The Morgan fingerprint density at radius 1 is 1.42 bits per heavy atom. The second kappa shape index (κ2) is 7.09. The van der Waals surface area contributed by atoms with Crippen molar-refractivity contribution in [3.8, 4) is 0 Å². The summed E-state index contributed by atoms with van der Waals surface area (Å²) in [6.45, 7) is 6.33. The van der Waals surface area contributed by atoms with Crippen LogP contribution in [0.5, 0.6) is 0 Å². The molecule has 6 heteroatoms. The quantitative estimate of drug-likeness (QED) is 0.592. The first-order valence-electron chi connectivity index (χ1n) is 8.74. The van der Waals surface area contributed by atoms with Crippen molar-refractivity contribution in [3.05, 3.63) is 22.7 Å². The second-order valence-corrected chi connectivity index (χ2v) is 6.90. The molecule has 24 heavy (non-hydrogen) atoms. The maximum Gasteiger partial charge on any atom is 0.340 e. The fourth-order valence-electron chi connectivity index (χ4n) is 3.97. The Labute approximate surface area is 147 Å². The van der Waals surface area contributed by atoms with Gasteiger partial charge in [-0.1, -0.05) is 19.3 Å². The van der Waals surface area contributed by atoms with E-state index in [0.717, 1.165) is 16.7 Å². The van der Waals surface area contributed by atoms with Gasteiger partial charge in [-0.05, 0) is 51.1 Å². The van der Waals surface area contributed by atoms with Crippen molar-refractivity contribution >= 4 is 28.6 Å². The van der Waals surface area contributed by atoms with Crippen molar-refractivity contribution in [1.82, 2.24) is 14.5 Å². The maximum absolute atomic E-state index is 12.5. The molecular formula is C18H24ClN3O2. The Hall–Kier alpha value is -1.62. The average molecular weight is 350 g/mol. The van der Waals surface area contributed by atoms with Crippen LogP contribution in [0, 0.1) is 12.8 Å². The number of halogens is 1. The van der Waals surface area contributed by atoms with Crippen molar-refractivity contribution in [1.29, 1.82) is 0 Å². The molecule has 0 saturated heterocycles. The highest BCUT2D eigenvalue weighted by Gasteiger charge is 2.29. The van der Waals surface area contributed by atoms with Crippen LogP contribution in [0.25, 0.3) is 11.0 Å². The molecular weight excluding hydrogens is 326 g/mol. The van der Waals surface area contributed by atoms with Crippen LogP contribution < -0.4 is 0 Å². The summed E-state index contributed by atoms with van der Waals surface area (Å²) in [6.07, 6.45) is 7.92. The molecule has 1 aliphatic rings. The minimum atomic E-state index is -0.319. The summed E-state index contributed by atoms with van der Waals surface area (Å²) in [5, 5.41) is 0.922. The van der Waals surface area contributed by atoms with Gasteiger partial charge in [0, 0.05) is 17.9 Å². The summed E-state index contributed by atoms with van der Waals surface area (Å²) in [6, 6.07) is 0.266. The summed E-state index contributed by atoms with van der Waals surface area (Å²) >= 11 is 6.03. The number of hydrogen-bond donors (Lipinski definition) is 0. The first-order valence-corrected chi connectivity index (χ1v) is 9.12. The average Bonchev–Trinajstić information content (AvgIpc) is 2.86. The fourth-order valence-corrected chi connectivity index (χ4v) is 4.10. The molecule has 0 aromatic carbocycles. The fraction of sp³-hybridized carbons (Fsp3) is 0.611. The molecule has 1 fully saturated rings. The van der Waals surface area contributed by atoms with E-state index < -0.39 is 0 Å². The molecule has 1 unspecified atom stereocenters. The third-order valence-corrected chi connectivity index (χ3v) is 5.36. The van der Waals surface area contributed by atoms with Crippen LogP contribution in [-0.2, 0) is 4.74 Å². The Balaban J connectivity index is 2.13. The van der Waals surface area contributed by atoms with Crippen LogP contribution in [-0.4, -0.2) is 27.1 Å². The molecule has 1 aliphatic carbocycles. The van der Waals surface area contributed by atoms with Gasteiger partial charge in [-0.15, -0.1) is 0 Å². The summed E-state index contributed by atoms with van der Waals surface area (Å²) < 4.78 is 7.40. The highest BCUT2D eigenvalue weighted by molar-refractivity contribution is 6.28. The number of carbonyl (C=O) groups is 1. The molecule has 0 radical (unpaired) electrons. The maximum atomic E-state index is 12.5. The van der Waals surface area contributed by atoms with E-state index >= 15 is 0 Å². The molecule has 0 aliphatic heterocycles. The first-order chi connectivity index (χ1) is 11.5. The van der Waals surface area contributed by atoms with Crippen molar-refractivity contribution in [2.75, 3.05) is 6.61 Å². The van der Waals surface area contributed by atoms with E-state index in [9.17, 15) is 4.79 Å². The molecule has 2 aromatic heterocycles. The van der Waals surface area contributed by atoms with Gasteiger partial charge in [0.05, 0.1) is 17.6 Å². The van der Waals surface area contributed by atoms with Gasteiger partial charge < -0.3 is 9.30 Å². The summed E-state index contributed by atoms with van der Waals surface area (Å²) in [5.41, 5.74) is 2.18. The Kier molecular flexibility index (Phi) is 5.09. The zero-order chi connectivity index (χ0) is 17.3. The lowest BCUT2D eigenvalue weighted by molar-refractivity contribution is 0.0527. The molecule has 130 valence electrons. The minimum absolute atomic E-state index is 0.201. The van der Waals surface area contributed by atoms with Crippen LogP contribution in [0.2, 0.25) is 5.28 Å². The molecule has 5 nitrogen and oxygen atoms in total. The van der Waals surface area contributed by atoms with Crippen molar-refractivity contribution in [2.24, 2.45) is 5.92 Å². The lowest BCUT2D eigenvalue weighted by Gasteiger charge is -2.30. The Morgan fingerprint density at radius 3 is 2.79 bits per heavy atom. The topological polar surface area (TPSA) is 57.0 Å². The van der Waals surface area contributed by atoms with Crippen molar-refractivity contribution in [3.63, 3.8) is 0 Å². The molecule has 2 aromatic rings. The minimum Gasteiger partial charge on any atom is -0.462 e. The highest BCUT2D eigenvalue weighted by atomic mass is 35.5. The van der Waals surface area contributed by atoms with E-state index in [1.807, 2.05) is 13.8 Å². The van der Waals surface area contributed by atoms with Crippen LogP contribution in [0.15, 0.2) is 6.20 Å². The van der Waals surface area contributed by atoms with Crippen molar-refractivity contribution in [2.45, 2.75) is 58.9 Å². The number of carbonyl (C=O) groups excluding carboxylic acids is 1. The number of nitrogens with zero attached hydrogens (tertiary/aromatic N) is 3. The van der Waals surface area contributed by atoms with Gasteiger partial charge in [0.25, 0.3) is 0 Å². The number of ether oxygens (including phenoxy) is 1.